The zero-order chi connectivity index (χ0) is 11.4. The lowest BCUT2D eigenvalue weighted by atomic mass is 10.0. The van der Waals surface area contributed by atoms with E-state index in [4.69, 9.17) is 0 Å². The van der Waals surface area contributed by atoms with Gasteiger partial charge in [-0.2, -0.15) is 0 Å². The first-order valence-corrected chi connectivity index (χ1v) is 4.87. The van der Waals surface area contributed by atoms with E-state index in [1.165, 1.54) is 19.2 Å². The lowest BCUT2D eigenvalue weighted by Crippen LogP contribution is -2.18. The van der Waals surface area contributed by atoms with Gasteiger partial charge in [-0.05, 0) is 18.6 Å². The van der Waals surface area contributed by atoms with Crippen molar-refractivity contribution in [2.75, 3.05) is 7.05 Å². The van der Waals surface area contributed by atoms with Crippen molar-refractivity contribution in [3.05, 3.63) is 23.3 Å². The second kappa shape index (κ2) is 4.68. The van der Waals surface area contributed by atoms with Crippen LogP contribution in [0.1, 0.15) is 29.3 Å². The Morgan fingerprint density at radius 1 is 1.40 bits per heavy atom. The molecule has 0 aliphatic rings. The minimum Gasteiger partial charge on any atom is -0.508 e. The SMILES string of the molecule is CCCc1c(O)ccc(C(=O)NC)c1O. The van der Waals surface area contributed by atoms with Gasteiger partial charge in [-0.1, -0.05) is 13.3 Å². The maximum Gasteiger partial charge on any atom is 0.254 e. The van der Waals surface area contributed by atoms with Crippen molar-refractivity contribution < 1.29 is 15.0 Å². The van der Waals surface area contributed by atoms with Crippen LogP contribution in [0.4, 0.5) is 0 Å². The van der Waals surface area contributed by atoms with Crippen LogP contribution in [0.15, 0.2) is 12.1 Å². The number of nitrogens with one attached hydrogen (secondary N) is 1. The first-order chi connectivity index (χ1) is 7.11. The van der Waals surface area contributed by atoms with Crippen molar-refractivity contribution in [1.82, 2.24) is 5.32 Å². The summed E-state index contributed by atoms with van der Waals surface area (Å²) in [5.74, 6) is -0.456. The molecular weight excluding hydrogens is 194 g/mol. The Balaban J connectivity index is 3.21. The first-order valence-electron chi connectivity index (χ1n) is 4.87. The quantitative estimate of drug-likeness (QED) is 0.705. The smallest absolute Gasteiger partial charge is 0.254 e. The average molecular weight is 209 g/mol. The van der Waals surface area contributed by atoms with Crippen molar-refractivity contribution in [2.45, 2.75) is 19.8 Å². The third-order valence-corrected chi connectivity index (χ3v) is 2.23. The number of hydrogen-bond donors (Lipinski definition) is 3. The highest BCUT2D eigenvalue weighted by atomic mass is 16.3. The van der Waals surface area contributed by atoms with E-state index in [2.05, 4.69) is 5.32 Å². The molecular formula is C11H15NO3. The number of carbonyl (C=O) groups excluding carboxylic acids is 1. The average Bonchev–Trinajstić information content (AvgIpc) is 2.23. The summed E-state index contributed by atoms with van der Waals surface area (Å²) in [4.78, 5) is 11.3. The topological polar surface area (TPSA) is 69.6 Å². The van der Waals surface area contributed by atoms with Crippen molar-refractivity contribution in [2.24, 2.45) is 0 Å². The van der Waals surface area contributed by atoms with E-state index >= 15 is 0 Å². The molecule has 1 amide bonds. The van der Waals surface area contributed by atoms with E-state index in [0.29, 0.717) is 12.0 Å². The van der Waals surface area contributed by atoms with E-state index in [1.54, 1.807) is 0 Å². The van der Waals surface area contributed by atoms with Crippen LogP contribution in [0, 0.1) is 0 Å². The fourth-order valence-electron chi connectivity index (χ4n) is 1.44. The van der Waals surface area contributed by atoms with Crippen molar-refractivity contribution >= 4 is 5.91 Å². The molecule has 0 saturated carbocycles. The van der Waals surface area contributed by atoms with Gasteiger partial charge in [0.05, 0.1) is 5.56 Å². The van der Waals surface area contributed by atoms with Crippen molar-refractivity contribution in [3.63, 3.8) is 0 Å². The Hall–Kier alpha value is -1.71. The van der Waals surface area contributed by atoms with Gasteiger partial charge in [0.1, 0.15) is 11.5 Å². The van der Waals surface area contributed by atoms with E-state index in [-0.39, 0.29) is 23.0 Å². The van der Waals surface area contributed by atoms with Crippen molar-refractivity contribution in [3.8, 4) is 11.5 Å². The van der Waals surface area contributed by atoms with E-state index in [0.717, 1.165) is 6.42 Å². The molecule has 0 aliphatic carbocycles. The van der Waals surface area contributed by atoms with Gasteiger partial charge >= 0.3 is 0 Å². The van der Waals surface area contributed by atoms with Crippen LogP contribution in [0.5, 0.6) is 11.5 Å². The molecule has 0 aromatic heterocycles. The minimum absolute atomic E-state index is 0.0296. The third kappa shape index (κ3) is 2.21. The normalized spacial score (nSPS) is 10.0. The lowest BCUT2D eigenvalue weighted by Gasteiger charge is -2.09. The molecule has 1 aromatic carbocycles. The van der Waals surface area contributed by atoms with Gasteiger partial charge in [0.25, 0.3) is 5.91 Å². The predicted octanol–water partition coefficient (Wildman–Crippen LogP) is 1.41. The Kier molecular flexibility index (Phi) is 3.55. The van der Waals surface area contributed by atoms with E-state index in [1.807, 2.05) is 6.92 Å². The molecule has 0 saturated heterocycles. The molecule has 1 aromatic rings. The lowest BCUT2D eigenvalue weighted by molar-refractivity contribution is 0.0960. The van der Waals surface area contributed by atoms with Gasteiger partial charge in [-0.25, -0.2) is 0 Å². The molecule has 4 nitrogen and oxygen atoms in total. The highest BCUT2D eigenvalue weighted by molar-refractivity contribution is 5.97. The molecule has 3 N–H and O–H groups in total. The Morgan fingerprint density at radius 3 is 2.60 bits per heavy atom. The number of phenols is 2. The van der Waals surface area contributed by atoms with E-state index < -0.39 is 0 Å². The van der Waals surface area contributed by atoms with Gasteiger partial charge in [0.15, 0.2) is 0 Å². The molecule has 0 aliphatic heterocycles. The number of hydrogen-bond acceptors (Lipinski definition) is 3. The summed E-state index contributed by atoms with van der Waals surface area (Å²) in [6.07, 6.45) is 1.33. The summed E-state index contributed by atoms with van der Waals surface area (Å²) in [5.41, 5.74) is 0.623. The minimum atomic E-state index is -0.357. The largest absolute Gasteiger partial charge is 0.508 e. The fraction of sp³-hybridized carbons (Fsp3) is 0.364. The van der Waals surface area contributed by atoms with Gasteiger partial charge in [0, 0.05) is 12.6 Å². The second-order valence-corrected chi connectivity index (χ2v) is 3.29. The van der Waals surface area contributed by atoms with Crippen LogP contribution in [-0.2, 0) is 6.42 Å². The van der Waals surface area contributed by atoms with E-state index in [9.17, 15) is 15.0 Å². The number of benzene rings is 1. The van der Waals surface area contributed by atoms with Gasteiger partial charge in [-0.3, -0.25) is 4.79 Å². The summed E-state index contributed by atoms with van der Waals surface area (Å²) in [6, 6.07) is 2.83. The molecule has 0 fully saturated rings. The number of aromatic hydroxyl groups is 2. The number of phenolic OH excluding ortho intramolecular Hbond substituents is 2. The maximum atomic E-state index is 11.3. The van der Waals surface area contributed by atoms with Crippen LogP contribution < -0.4 is 5.32 Å². The highest BCUT2D eigenvalue weighted by Gasteiger charge is 2.15. The number of amides is 1. The highest BCUT2D eigenvalue weighted by Crippen LogP contribution is 2.31. The Morgan fingerprint density at radius 2 is 2.07 bits per heavy atom. The fourth-order valence-corrected chi connectivity index (χ4v) is 1.44. The number of rotatable bonds is 3. The van der Waals surface area contributed by atoms with Crippen LogP contribution in [0.3, 0.4) is 0 Å². The van der Waals surface area contributed by atoms with Crippen LogP contribution in [0.25, 0.3) is 0 Å². The molecule has 15 heavy (non-hydrogen) atoms. The van der Waals surface area contributed by atoms with Crippen molar-refractivity contribution in [1.29, 1.82) is 0 Å². The molecule has 4 heteroatoms. The standard InChI is InChI=1S/C11H15NO3/c1-3-4-7-9(13)6-5-8(10(7)14)11(15)12-2/h5-6,13-14H,3-4H2,1-2H3,(H,12,15). The molecule has 0 unspecified atom stereocenters. The summed E-state index contributed by atoms with van der Waals surface area (Å²) >= 11 is 0. The summed E-state index contributed by atoms with van der Waals surface area (Å²) in [6.45, 7) is 1.94. The van der Waals surface area contributed by atoms with Crippen LogP contribution in [0.2, 0.25) is 0 Å². The summed E-state index contributed by atoms with van der Waals surface area (Å²) in [5, 5.41) is 21.7. The maximum absolute atomic E-state index is 11.3. The molecule has 0 spiro atoms. The monoisotopic (exact) mass is 209 g/mol. The van der Waals surface area contributed by atoms with Crippen LogP contribution >= 0.6 is 0 Å². The summed E-state index contributed by atoms with van der Waals surface area (Å²) in [7, 11) is 1.49. The zero-order valence-electron chi connectivity index (χ0n) is 8.87. The molecule has 0 radical (unpaired) electrons. The van der Waals surface area contributed by atoms with Gasteiger partial charge < -0.3 is 15.5 Å². The zero-order valence-corrected chi connectivity index (χ0v) is 8.87. The molecule has 0 atom stereocenters. The van der Waals surface area contributed by atoms with Crippen LogP contribution in [-0.4, -0.2) is 23.2 Å². The molecule has 1 rings (SSSR count). The molecule has 0 bridgehead atoms. The summed E-state index contributed by atoms with van der Waals surface area (Å²) < 4.78 is 0. The molecule has 0 heterocycles. The Labute approximate surface area is 88.6 Å². The second-order valence-electron chi connectivity index (χ2n) is 3.29. The first kappa shape index (κ1) is 11.4. The van der Waals surface area contributed by atoms with Gasteiger partial charge in [-0.15, -0.1) is 0 Å². The molecule has 82 valence electrons. The Bertz CT molecular complexity index is 374. The predicted molar refractivity (Wildman–Crippen MR) is 57.2 cm³/mol. The third-order valence-electron chi connectivity index (χ3n) is 2.23. The van der Waals surface area contributed by atoms with Gasteiger partial charge in [0.2, 0.25) is 0 Å². The number of carbonyl (C=O) groups is 1.